The Morgan fingerprint density at radius 2 is 2.26 bits per heavy atom. The van der Waals surface area contributed by atoms with E-state index >= 15 is 0 Å². The summed E-state index contributed by atoms with van der Waals surface area (Å²) in [7, 11) is 0. The van der Waals surface area contributed by atoms with Crippen LogP contribution in [0.1, 0.15) is 23.3 Å². The molecule has 3 N–H and O–H groups in total. The number of nitrogens with zero attached hydrogens (tertiary/aromatic N) is 1. The highest BCUT2D eigenvalue weighted by Gasteiger charge is 2.12. The Kier molecular flexibility index (Phi) is 5.50. The van der Waals surface area contributed by atoms with E-state index in [-0.39, 0.29) is 5.91 Å². The number of unbranched alkanes of at least 4 members (excludes halogenated alkanes) is 1. The monoisotopic (exact) mass is 359 g/mol. The van der Waals surface area contributed by atoms with Gasteiger partial charge in [-0.2, -0.15) is 0 Å². The number of nitrogens with one attached hydrogen (secondary N) is 1. The number of hydrogen-bond acceptors (Lipinski definition) is 5. The van der Waals surface area contributed by atoms with Crippen molar-refractivity contribution in [1.82, 2.24) is 10.3 Å². The average molecular weight is 360 g/mol. The van der Waals surface area contributed by atoms with Gasteiger partial charge in [0.15, 0.2) is 0 Å². The first-order chi connectivity index (χ1) is 9.20. The van der Waals surface area contributed by atoms with Crippen molar-refractivity contribution in [2.75, 3.05) is 13.1 Å². The number of aromatic nitrogens is 1. The van der Waals surface area contributed by atoms with Gasteiger partial charge in [-0.25, -0.2) is 4.98 Å². The number of thiophene rings is 1. The minimum Gasteiger partial charge on any atom is -0.351 e. The van der Waals surface area contributed by atoms with Gasteiger partial charge in [-0.1, -0.05) is 0 Å². The summed E-state index contributed by atoms with van der Waals surface area (Å²) in [5, 5.41) is 5.52. The SMILES string of the molecule is NCCCCNC(=O)c1csc(-c2ccc(Br)s2)n1. The number of halogens is 1. The first-order valence-corrected chi connectivity index (χ1v) is 8.39. The van der Waals surface area contributed by atoms with Crippen molar-refractivity contribution < 1.29 is 4.79 Å². The van der Waals surface area contributed by atoms with Gasteiger partial charge in [-0.05, 0) is 47.4 Å². The molecule has 102 valence electrons. The summed E-state index contributed by atoms with van der Waals surface area (Å²) in [6.07, 6.45) is 1.82. The molecular formula is C12H14BrN3OS2. The number of carbonyl (C=O) groups is 1. The van der Waals surface area contributed by atoms with E-state index in [4.69, 9.17) is 5.73 Å². The maximum atomic E-state index is 11.9. The summed E-state index contributed by atoms with van der Waals surface area (Å²) < 4.78 is 1.06. The molecule has 0 bridgehead atoms. The number of nitrogens with two attached hydrogens (primary N) is 1. The number of hydrogen-bond donors (Lipinski definition) is 2. The molecule has 2 aromatic rings. The second-order valence-electron chi connectivity index (χ2n) is 3.89. The fourth-order valence-electron chi connectivity index (χ4n) is 1.48. The molecule has 0 spiro atoms. The van der Waals surface area contributed by atoms with Gasteiger partial charge in [0.25, 0.3) is 5.91 Å². The van der Waals surface area contributed by atoms with Crippen molar-refractivity contribution >= 4 is 44.5 Å². The van der Waals surface area contributed by atoms with E-state index in [2.05, 4.69) is 26.2 Å². The third-order valence-electron chi connectivity index (χ3n) is 2.44. The smallest absolute Gasteiger partial charge is 0.270 e. The van der Waals surface area contributed by atoms with Gasteiger partial charge >= 0.3 is 0 Å². The van der Waals surface area contributed by atoms with Crippen LogP contribution in [0.3, 0.4) is 0 Å². The molecular weight excluding hydrogens is 346 g/mol. The highest BCUT2D eigenvalue weighted by atomic mass is 79.9. The van der Waals surface area contributed by atoms with E-state index in [0.717, 1.165) is 26.5 Å². The lowest BCUT2D eigenvalue weighted by atomic mass is 10.3. The van der Waals surface area contributed by atoms with Gasteiger partial charge in [-0.15, -0.1) is 22.7 Å². The molecule has 0 saturated heterocycles. The van der Waals surface area contributed by atoms with Crippen LogP contribution in [-0.2, 0) is 0 Å². The predicted octanol–water partition coefficient (Wildman–Crippen LogP) is 3.10. The maximum absolute atomic E-state index is 11.9. The lowest BCUT2D eigenvalue weighted by Crippen LogP contribution is -2.25. The van der Waals surface area contributed by atoms with E-state index in [1.165, 1.54) is 11.3 Å². The average Bonchev–Trinajstić information content (AvgIpc) is 3.02. The van der Waals surface area contributed by atoms with Crippen molar-refractivity contribution in [2.45, 2.75) is 12.8 Å². The molecule has 0 radical (unpaired) electrons. The molecule has 19 heavy (non-hydrogen) atoms. The van der Waals surface area contributed by atoms with E-state index in [9.17, 15) is 4.79 Å². The number of amides is 1. The third kappa shape index (κ3) is 4.10. The molecule has 7 heteroatoms. The Hall–Kier alpha value is -0.760. The van der Waals surface area contributed by atoms with Crippen molar-refractivity contribution in [3.8, 4) is 9.88 Å². The summed E-state index contributed by atoms with van der Waals surface area (Å²) in [5.74, 6) is -0.116. The fourth-order valence-corrected chi connectivity index (χ4v) is 3.74. The van der Waals surface area contributed by atoms with E-state index in [1.807, 2.05) is 12.1 Å². The lowest BCUT2D eigenvalue weighted by Gasteiger charge is -2.01. The van der Waals surface area contributed by atoms with Crippen LogP contribution in [0.15, 0.2) is 21.3 Å². The molecule has 2 heterocycles. The summed E-state index contributed by atoms with van der Waals surface area (Å²) >= 11 is 6.51. The maximum Gasteiger partial charge on any atom is 0.270 e. The first kappa shape index (κ1) is 14.6. The van der Waals surface area contributed by atoms with Crippen LogP contribution in [-0.4, -0.2) is 24.0 Å². The second-order valence-corrected chi connectivity index (χ2v) is 7.21. The van der Waals surface area contributed by atoms with E-state index < -0.39 is 0 Å². The van der Waals surface area contributed by atoms with Crippen LogP contribution in [0.4, 0.5) is 0 Å². The molecule has 1 amide bonds. The van der Waals surface area contributed by atoms with Crippen molar-refractivity contribution in [2.24, 2.45) is 5.73 Å². The first-order valence-electron chi connectivity index (χ1n) is 5.90. The van der Waals surface area contributed by atoms with Gasteiger partial charge in [0.1, 0.15) is 10.7 Å². The normalized spacial score (nSPS) is 10.6. The molecule has 0 aliphatic heterocycles. The Bertz CT molecular complexity index is 553. The Labute approximate surface area is 128 Å². The Morgan fingerprint density at radius 1 is 1.42 bits per heavy atom. The Morgan fingerprint density at radius 3 is 2.95 bits per heavy atom. The fraction of sp³-hybridized carbons (Fsp3) is 0.333. The van der Waals surface area contributed by atoms with Crippen LogP contribution in [0, 0.1) is 0 Å². The summed E-state index contributed by atoms with van der Waals surface area (Å²) in [6.45, 7) is 1.30. The molecule has 0 fully saturated rings. The lowest BCUT2D eigenvalue weighted by molar-refractivity contribution is 0.0949. The molecule has 0 unspecified atom stereocenters. The van der Waals surface area contributed by atoms with Gasteiger partial charge in [-0.3, -0.25) is 4.79 Å². The minimum absolute atomic E-state index is 0.116. The topological polar surface area (TPSA) is 68.0 Å². The third-order valence-corrected chi connectivity index (χ3v) is 5.07. The number of rotatable bonds is 6. The van der Waals surface area contributed by atoms with Crippen LogP contribution >= 0.6 is 38.6 Å². The van der Waals surface area contributed by atoms with Crippen LogP contribution in [0.25, 0.3) is 9.88 Å². The number of carbonyl (C=O) groups excluding carboxylic acids is 1. The van der Waals surface area contributed by atoms with Crippen molar-refractivity contribution in [3.05, 3.63) is 27.0 Å². The standard InChI is InChI=1S/C12H14BrN3OS2/c13-10-4-3-9(19-10)12-16-8(7-18-12)11(17)15-6-2-1-5-14/h3-4,7H,1-2,5-6,14H2,(H,15,17). The summed E-state index contributed by atoms with van der Waals surface area (Å²) in [4.78, 5) is 17.3. The summed E-state index contributed by atoms with van der Waals surface area (Å²) in [6, 6.07) is 3.98. The highest BCUT2D eigenvalue weighted by molar-refractivity contribution is 9.11. The van der Waals surface area contributed by atoms with E-state index in [0.29, 0.717) is 18.8 Å². The zero-order valence-electron chi connectivity index (χ0n) is 10.2. The molecule has 0 aliphatic carbocycles. The molecule has 4 nitrogen and oxygen atoms in total. The van der Waals surface area contributed by atoms with Crippen LogP contribution in [0.5, 0.6) is 0 Å². The van der Waals surface area contributed by atoms with E-state index in [1.54, 1.807) is 16.7 Å². The molecule has 2 rings (SSSR count). The molecule has 0 atom stereocenters. The van der Waals surface area contributed by atoms with Crippen molar-refractivity contribution in [1.29, 1.82) is 0 Å². The van der Waals surface area contributed by atoms with Crippen LogP contribution < -0.4 is 11.1 Å². The number of thiazole rings is 1. The van der Waals surface area contributed by atoms with Gasteiger partial charge in [0.2, 0.25) is 0 Å². The predicted molar refractivity (Wildman–Crippen MR) is 83.7 cm³/mol. The molecule has 0 saturated carbocycles. The zero-order valence-corrected chi connectivity index (χ0v) is 13.4. The van der Waals surface area contributed by atoms with Gasteiger partial charge < -0.3 is 11.1 Å². The minimum atomic E-state index is -0.116. The Balaban J connectivity index is 1.95. The molecule has 0 aromatic carbocycles. The largest absolute Gasteiger partial charge is 0.351 e. The zero-order chi connectivity index (χ0) is 13.7. The van der Waals surface area contributed by atoms with Crippen LogP contribution in [0.2, 0.25) is 0 Å². The summed E-state index contributed by atoms with van der Waals surface area (Å²) in [5.41, 5.74) is 5.88. The van der Waals surface area contributed by atoms with Crippen molar-refractivity contribution in [3.63, 3.8) is 0 Å². The second kappa shape index (κ2) is 7.14. The van der Waals surface area contributed by atoms with Gasteiger partial charge in [0, 0.05) is 11.9 Å². The highest BCUT2D eigenvalue weighted by Crippen LogP contribution is 2.33. The van der Waals surface area contributed by atoms with Gasteiger partial charge in [0.05, 0.1) is 8.66 Å². The molecule has 0 aliphatic rings. The quantitative estimate of drug-likeness (QED) is 0.778. The molecule has 2 aromatic heterocycles.